The Morgan fingerprint density at radius 2 is 2.18 bits per heavy atom. The molecule has 0 fully saturated rings. The van der Waals surface area contributed by atoms with Gasteiger partial charge in [0.25, 0.3) is 0 Å². The molecule has 0 aromatic heterocycles. The van der Waals surface area contributed by atoms with Crippen molar-refractivity contribution in [3.63, 3.8) is 0 Å². The molecule has 62 valence electrons. The fourth-order valence-corrected chi connectivity index (χ4v) is 0.672. The van der Waals surface area contributed by atoms with Crippen molar-refractivity contribution in [1.82, 2.24) is 5.32 Å². The van der Waals surface area contributed by atoms with Crippen molar-refractivity contribution in [2.24, 2.45) is 0 Å². The molecule has 11 heavy (non-hydrogen) atoms. The molecule has 0 aromatic rings. The average Bonchev–Trinajstić information content (AvgIpc) is 2.01. The third kappa shape index (κ3) is 7.07. The molecule has 0 atom stereocenters. The maximum atomic E-state index is 3.90. The Hall–Kier alpha value is -0.820. The highest BCUT2D eigenvalue weighted by Gasteiger charge is 1.84. The van der Waals surface area contributed by atoms with E-state index in [2.05, 4.69) is 11.9 Å². The van der Waals surface area contributed by atoms with Crippen LogP contribution in [-0.2, 0) is 0 Å². The second-order valence-electron chi connectivity index (χ2n) is 2.40. The second kappa shape index (κ2) is 7.29. The van der Waals surface area contributed by atoms with Crippen molar-refractivity contribution < 1.29 is 0 Å². The lowest BCUT2D eigenvalue weighted by molar-refractivity contribution is 0.795. The Labute approximate surface area is 69.5 Å². The topological polar surface area (TPSA) is 12.0 Å². The minimum Gasteiger partial charge on any atom is -0.319 e. The summed E-state index contributed by atoms with van der Waals surface area (Å²) < 4.78 is 0. The monoisotopic (exact) mass is 151 g/mol. The SMILES string of the molecule is C=C(/C=C\C=C/C)CCNC. The number of nitrogens with one attached hydrogen (secondary N) is 1. The smallest absolute Gasteiger partial charge is 0.00116 e. The largest absolute Gasteiger partial charge is 0.319 e. The van der Waals surface area contributed by atoms with Gasteiger partial charge in [-0.3, -0.25) is 0 Å². The molecule has 0 aliphatic heterocycles. The Balaban J connectivity index is 3.51. The van der Waals surface area contributed by atoms with E-state index in [9.17, 15) is 0 Å². The summed E-state index contributed by atoms with van der Waals surface area (Å²) in [5.74, 6) is 0. The first-order valence-electron chi connectivity index (χ1n) is 3.93. The van der Waals surface area contributed by atoms with Crippen molar-refractivity contribution in [3.8, 4) is 0 Å². The van der Waals surface area contributed by atoms with Crippen LogP contribution in [0.15, 0.2) is 36.5 Å². The molecule has 0 radical (unpaired) electrons. The van der Waals surface area contributed by atoms with Crippen LogP contribution < -0.4 is 5.32 Å². The molecule has 0 saturated heterocycles. The minimum absolute atomic E-state index is 0.999. The van der Waals surface area contributed by atoms with Gasteiger partial charge in [-0.05, 0) is 26.9 Å². The lowest BCUT2D eigenvalue weighted by Crippen LogP contribution is -2.07. The fraction of sp³-hybridized carbons (Fsp3) is 0.400. The average molecular weight is 151 g/mol. The van der Waals surface area contributed by atoms with Gasteiger partial charge in [0.2, 0.25) is 0 Å². The molecule has 1 nitrogen and oxygen atoms in total. The van der Waals surface area contributed by atoms with Crippen LogP contribution >= 0.6 is 0 Å². The zero-order valence-corrected chi connectivity index (χ0v) is 7.43. The van der Waals surface area contributed by atoms with Gasteiger partial charge < -0.3 is 5.32 Å². The summed E-state index contributed by atoms with van der Waals surface area (Å²) in [6, 6.07) is 0. The molecule has 1 heteroatoms. The van der Waals surface area contributed by atoms with E-state index in [0.29, 0.717) is 0 Å². The molecule has 0 heterocycles. The highest BCUT2D eigenvalue weighted by Crippen LogP contribution is 1.97. The van der Waals surface area contributed by atoms with Crippen molar-refractivity contribution in [1.29, 1.82) is 0 Å². The first-order valence-corrected chi connectivity index (χ1v) is 3.93. The second-order valence-corrected chi connectivity index (χ2v) is 2.40. The Kier molecular flexibility index (Phi) is 6.75. The third-order valence-electron chi connectivity index (χ3n) is 1.33. The molecule has 0 aliphatic carbocycles. The summed E-state index contributed by atoms with van der Waals surface area (Å²) in [6.45, 7) is 6.90. The van der Waals surface area contributed by atoms with E-state index in [0.717, 1.165) is 18.5 Å². The van der Waals surface area contributed by atoms with E-state index >= 15 is 0 Å². The van der Waals surface area contributed by atoms with Gasteiger partial charge >= 0.3 is 0 Å². The van der Waals surface area contributed by atoms with Gasteiger partial charge in [0, 0.05) is 0 Å². The molecule has 0 amide bonds. The van der Waals surface area contributed by atoms with Crippen molar-refractivity contribution in [2.75, 3.05) is 13.6 Å². The standard InChI is InChI=1S/C10H17N/c1-4-5-6-7-10(2)8-9-11-3/h4-7,11H,2,8-9H2,1,3H3/b5-4-,7-6-. The highest BCUT2D eigenvalue weighted by molar-refractivity contribution is 5.18. The van der Waals surface area contributed by atoms with Crippen LogP contribution in [0, 0.1) is 0 Å². The van der Waals surface area contributed by atoms with E-state index in [1.807, 2.05) is 38.3 Å². The number of hydrogen-bond acceptors (Lipinski definition) is 1. The molecule has 0 bridgehead atoms. The maximum absolute atomic E-state index is 3.90. The zero-order chi connectivity index (χ0) is 8.53. The number of rotatable bonds is 5. The molecule has 0 rings (SSSR count). The van der Waals surface area contributed by atoms with Crippen LogP contribution in [0.1, 0.15) is 13.3 Å². The Bertz CT molecular complexity index is 154. The van der Waals surface area contributed by atoms with E-state index in [4.69, 9.17) is 0 Å². The summed E-state index contributed by atoms with van der Waals surface area (Å²) in [6.07, 6.45) is 9.08. The maximum Gasteiger partial charge on any atom is -0.00116 e. The summed E-state index contributed by atoms with van der Waals surface area (Å²) in [5.41, 5.74) is 1.16. The summed E-state index contributed by atoms with van der Waals surface area (Å²) in [5, 5.41) is 3.08. The van der Waals surface area contributed by atoms with Crippen molar-refractivity contribution in [3.05, 3.63) is 36.5 Å². The lowest BCUT2D eigenvalue weighted by Gasteiger charge is -1.96. The van der Waals surface area contributed by atoms with Crippen LogP contribution in [0.25, 0.3) is 0 Å². The lowest BCUT2D eigenvalue weighted by atomic mass is 10.2. The van der Waals surface area contributed by atoms with Crippen LogP contribution in [0.5, 0.6) is 0 Å². The first kappa shape index (κ1) is 10.2. The van der Waals surface area contributed by atoms with Gasteiger partial charge in [0.05, 0.1) is 0 Å². The van der Waals surface area contributed by atoms with E-state index in [-0.39, 0.29) is 0 Å². The summed E-state index contributed by atoms with van der Waals surface area (Å²) >= 11 is 0. The van der Waals surface area contributed by atoms with Crippen LogP contribution in [0.4, 0.5) is 0 Å². The summed E-state index contributed by atoms with van der Waals surface area (Å²) in [4.78, 5) is 0. The molecule has 1 N–H and O–H groups in total. The van der Waals surface area contributed by atoms with Crippen LogP contribution in [0.2, 0.25) is 0 Å². The Morgan fingerprint density at radius 1 is 1.45 bits per heavy atom. The molecule has 0 aliphatic rings. The van der Waals surface area contributed by atoms with Gasteiger partial charge in [0.15, 0.2) is 0 Å². The van der Waals surface area contributed by atoms with E-state index in [1.165, 1.54) is 0 Å². The van der Waals surface area contributed by atoms with Gasteiger partial charge in [-0.15, -0.1) is 0 Å². The van der Waals surface area contributed by atoms with Gasteiger partial charge in [-0.2, -0.15) is 0 Å². The fourth-order valence-electron chi connectivity index (χ4n) is 0.672. The summed E-state index contributed by atoms with van der Waals surface area (Å²) in [7, 11) is 1.95. The third-order valence-corrected chi connectivity index (χ3v) is 1.33. The minimum atomic E-state index is 0.999. The normalized spacial score (nSPS) is 11.5. The van der Waals surface area contributed by atoms with Crippen LogP contribution in [-0.4, -0.2) is 13.6 Å². The van der Waals surface area contributed by atoms with Gasteiger partial charge in [-0.1, -0.05) is 36.5 Å². The van der Waals surface area contributed by atoms with Crippen LogP contribution in [0.3, 0.4) is 0 Å². The molecular formula is C10H17N. The highest BCUT2D eigenvalue weighted by atomic mass is 14.8. The first-order chi connectivity index (χ1) is 5.31. The predicted molar refractivity (Wildman–Crippen MR) is 51.6 cm³/mol. The quantitative estimate of drug-likeness (QED) is 0.594. The zero-order valence-electron chi connectivity index (χ0n) is 7.43. The van der Waals surface area contributed by atoms with Crippen molar-refractivity contribution in [2.45, 2.75) is 13.3 Å². The Morgan fingerprint density at radius 3 is 2.73 bits per heavy atom. The van der Waals surface area contributed by atoms with Gasteiger partial charge in [-0.25, -0.2) is 0 Å². The number of allylic oxidation sites excluding steroid dienone is 4. The molecule has 0 spiro atoms. The molecule has 0 aromatic carbocycles. The molecule has 0 unspecified atom stereocenters. The molecular weight excluding hydrogens is 134 g/mol. The van der Waals surface area contributed by atoms with E-state index < -0.39 is 0 Å². The predicted octanol–water partition coefficient (Wildman–Crippen LogP) is 2.28. The van der Waals surface area contributed by atoms with Crippen molar-refractivity contribution >= 4 is 0 Å². The number of hydrogen-bond donors (Lipinski definition) is 1. The van der Waals surface area contributed by atoms with E-state index in [1.54, 1.807) is 0 Å². The van der Waals surface area contributed by atoms with Gasteiger partial charge in [0.1, 0.15) is 0 Å². The molecule has 0 saturated carbocycles.